The van der Waals surface area contributed by atoms with Crippen molar-refractivity contribution in [2.45, 2.75) is 0 Å². The molecule has 2 rings (SSSR count). The number of para-hydroxylation sites is 1. The molecule has 0 saturated heterocycles. The molecular weight excluding hydrogens is 248 g/mol. The van der Waals surface area contributed by atoms with E-state index in [9.17, 15) is 4.79 Å². The number of carbonyl (C=O) groups is 1. The summed E-state index contributed by atoms with van der Waals surface area (Å²) in [6, 6.07) is 9.00. The molecular formula is C12H12N4OS. The SMILES string of the molecule is C=CCN(C(=O)Nc1ccccc1)c1nncs1. The second-order valence-corrected chi connectivity index (χ2v) is 4.23. The average Bonchev–Trinajstić information content (AvgIpc) is 2.90. The first-order valence-electron chi connectivity index (χ1n) is 5.32. The molecule has 0 aliphatic carbocycles. The van der Waals surface area contributed by atoms with Crippen molar-refractivity contribution < 1.29 is 4.79 Å². The van der Waals surface area contributed by atoms with Gasteiger partial charge in [-0.25, -0.2) is 4.79 Å². The molecule has 0 radical (unpaired) electrons. The number of nitrogens with zero attached hydrogens (tertiary/aromatic N) is 3. The minimum Gasteiger partial charge on any atom is -0.307 e. The zero-order chi connectivity index (χ0) is 12.8. The van der Waals surface area contributed by atoms with Crippen LogP contribution in [-0.4, -0.2) is 22.8 Å². The number of hydrogen-bond acceptors (Lipinski definition) is 4. The van der Waals surface area contributed by atoms with Gasteiger partial charge >= 0.3 is 6.03 Å². The molecule has 0 bridgehead atoms. The first kappa shape index (κ1) is 12.3. The Morgan fingerprint density at radius 3 is 2.83 bits per heavy atom. The lowest BCUT2D eigenvalue weighted by Crippen LogP contribution is -2.35. The highest BCUT2D eigenvalue weighted by atomic mass is 32.1. The number of rotatable bonds is 4. The van der Waals surface area contributed by atoms with Crippen LogP contribution in [0.3, 0.4) is 0 Å². The van der Waals surface area contributed by atoms with Gasteiger partial charge in [0.05, 0.1) is 0 Å². The van der Waals surface area contributed by atoms with Crippen molar-refractivity contribution in [1.82, 2.24) is 10.2 Å². The van der Waals surface area contributed by atoms with E-state index in [1.807, 2.05) is 30.3 Å². The summed E-state index contributed by atoms with van der Waals surface area (Å²) in [5.74, 6) is 0. The van der Waals surface area contributed by atoms with E-state index in [1.54, 1.807) is 11.6 Å². The minimum atomic E-state index is -0.252. The van der Waals surface area contributed by atoms with Crippen LogP contribution in [0.2, 0.25) is 0 Å². The molecule has 1 aromatic heterocycles. The van der Waals surface area contributed by atoms with E-state index < -0.39 is 0 Å². The summed E-state index contributed by atoms with van der Waals surface area (Å²) in [6.07, 6.45) is 1.64. The Balaban J connectivity index is 2.12. The number of hydrogen-bond donors (Lipinski definition) is 1. The van der Waals surface area contributed by atoms with E-state index in [0.717, 1.165) is 5.69 Å². The van der Waals surface area contributed by atoms with Crippen LogP contribution in [0.4, 0.5) is 15.6 Å². The molecule has 2 amide bonds. The van der Waals surface area contributed by atoms with Crippen molar-refractivity contribution in [1.29, 1.82) is 0 Å². The van der Waals surface area contributed by atoms with E-state index >= 15 is 0 Å². The molecule has 1 heterocycles. The Kier molecular flexibility index (Phi) is 4.03. The van der Waals surface area contributed by atoms with Gasteiger partial charge in [0.2, 0.25) is 5.13 Å². The van der Waals surface area contributed by atoms with E-state index in [0.29, 0.717) is 11.7 Å². The predicted octanol–water partition coefficient (Wildman–Crippen LogP) is 2.76. The molecule has 1 aromatic carbocycles. The number of urea groups is 1. The third kappa shape index (κ3) is 2.92. The van der Waals surface area contributed by atoms with E-state index in [4.69, 9.17) is 0 Å². The van der Waals surface area contributed by atoms with Gasteiger partial charge in [0.1, 0.15) is 5.51 Å². The fraction of sp³-hybridized carbons (Fsp3) is 0.0833. The highest BCUT2D eigenvalue weighted by Gasteiger charge is 2.17. The van der Waals surface area contributed by atoms with Crippen LogP contribution in [0.25, 0.3) is 0 Å². The smallest absolute Gasteiger partial charge is 0.307 e. The van der Waals surface area contributed by atoms with Crippen molar-refractivity contribution in [2.75, 3.05) is 16.8 Å². The molecule has 18 heavy (non-hydrogen) atoms. The Morgan fingerprint density at radius 1 is 1.44 bits per heavy atom. The first-order chi connectivity index (χ1) is 8.81. The van der Waals surface area contributed by atoms with Gasteiger partial charge in [-0.05, 0) is 12.1 Å². The number of nitrogens with one attached hydrogen (secondary N) is 1. The Morgan fingerprint density at radius 2 is 2.22 bits per heavy atom. The van der Waals surface area contributed by atoms with Gasteiger partial charge in [0.15, 0.2) is 0 Å². The average molecular weight is 260 g/mol. The predicted molar refractivity (Wildman–Crippen MR) is 72.9 cm³/mol. The molecule has 1 N–H and O–H groups in total. The molecule has 0 aliphatic rings. The third-order valence-electron chi connectivity index (χ3n) is 2.16. The van der Waals surface area contributed by atoms with Crippen LogP contribution in [0.5, 0.6) is 0 Å². The maximum Gasteiger partial charge on any atom is 0.328 e. The fourth-order valence-electron chi connectivity index (χ4n) is 1.37. The number of aromatic nitrogens is 2. The summed E-state index contributed by atoms with van der Waals surface area (Å²) in [5, 5.41) is 10.9. The molecule has 0 spiro atoms. The molecule has 6 heteroatoms. The van der Waals surface area contributed by atoms with Crippen molar-refractivity contribution in [3.8, 4) is 0 Å². The number of carbonyl (C=O) groups excluding carboxylic acids is 1. The second kappa shape index (κ2) is 5.92. The van der Waals surface area contributed by atoms with E-state index in [1.165, 1.54) is 16.2 Å². The monoisotopic (exact) mass is 260 g/mol. The summed E-state index contributed by atoms with van der Waals surface area (Å²) >= 11 is 1.30. The summed E-state index contributed by atoms with van der Waals surface area (Å²) in [4.78, 5) is 13.6. The second-order valence-electron chi connectivity index (χ2n) is 3.42. The maximum atomic E-state index is 12.1. The molecule has 0 atom stereocenters. The standard InChI is InChI=1S/C12H12N4OS/c1-2-8-16(12-15-13-9-18-12)11(17)14-10-6-4-3-5-7-10/h2-7,9H,1,8H2,(H,14,17). The van der Waals surface area contributed by atoms with Crippen molar-refractivity contribution in [2.24, 2.45) is 0 Å². The lowest BCUT2D eigenvalue weighted by atomic mass is 10.3. The lowest BCUT2D eigenvalue weighted by Gasteiger charge is -2.17. The summed E-state index contributed by atoms with van der Waals surface area (Å²) < 4.78 is 0. The quantitative estimate of drug-likeness (QED) is 0.860. The zero-order valence-electron chi connectivity index (χ0n) is 9.61. The number of anilines is 2. The van der Waals surface area contributed by atoms with Crippen molar-refractivity contribution >= 4 is 28.2 Å². The zero-order valence-corrected chi connectivity index (χ0v) is 10.4. The van der Waals surface area contributed by atoms with E-state index in [2.05, 4.69) is 22.1 Å². The van der Waals surface area contributed by atoms with Gasteiger partial charge < -0.3 is 5.32 Å². The van der Waals surface area contributed by atoms with Crippen LogP contribution in [0.1, 0.15) is 0 Å². The summed E-state index contributed by atoms with van der Waals surface area (Å²) in [7, 11) is 0. The molecule has 2 aromatic rings. The van der Waals surface area contributed by atoms with Crippen LogP contribution >= 0.6 is 11.3 Å². The fourth-order valence-corrected chi connectivity index (χ4v) is 1.94. The number of benzene rings is 1. The van der Waals surface area contributed by atoms with Crippen LogP contribution < -0.4 is 10.2 Å². The minimum absolute atomic E-state index is 0.252. The van der Waals surface area contributed by atoms with Crippen molar-refractivity contribution in [3.63, 3.8) is 0 Å². The number of amides is 2. The molecule has 0 saturated carbocycles. The highest BCUT2D eigenvalue weighted by molar-refractivity contribution is 7.13. The van der Waals surface area contributed by atoms with Gasteiger partial charge in [-0.3, -0.25) is 4.90 Å². The van der Waals surface area contributed by atoms with Crippen LogP contribution in [0, 0.1) is 0 Å². The Hall–Kier alpha value is -2.21. The van der Waals surface area contributed by atoms with Crippen molar-refractivity contribution in [3.05, 3.63) is 48.5 Å². The lowest BCUT2D eigenvalue weighted by molar-refractivity contribution is 0.257. The molecule has 0 fully saturated rings. The van der Waals surface area contributed by atoms with Gasteiger partial charge in [0.25, 0.3) is 0 Å². The third-order valence-corrected chi connectivity index (χ3v) is 2.87. The van der Waals surface area contributed by atoms with Crippen LogP contribution in [0.15, 0.2) is 48.5 Å². The van der Waals surface area contributed by atoms with Gasteiger partial charge in [-0.2, -0.15) is 0 Å². The summed E-state index contributed by atoms with van der Waals surface area (Å²) in [5.41, 5.74) is 2.32. The molecule has 0 aliphatic heterocycles. The normalized spacial score (nSPS) is 9.78. The topological polar surface area (TPSA) is 58.1 Å². The van der Waals surface area contributed by atoms with E-state index in [-0.39, 0.29) is 6.03 Å². The summed E-state index contributed by atoms with van der Waals surface area (Å²) in [6.45, 7) is 4.02. The highest BCUT2D eigenvalue weighted by Crippen LogP contribution is 2.17. The van der Waals surface area contributed by atoms with Gasteiger partial charge in [0, 0.05) is 12.2 Å². The maximum absolute atomic E-state index is 12.1. The largest absolute Gasteiger partial charge is 0.328 e. The molecule has 92 valence electrons. The molecule has 5 nitrogen and oxygen atoms in total. The molecule has 0 unspecified atom stereocenters. The van der Waals surface area contributed by atoms with Crippen LogP contribution in [-0.2, 0) is 0 Å². The van der Waals surface area contributed by atoms with Gasteiger partial charge in [-0.1, -0.05) is 35.6 Å². The first-order valence-corrected chi connectivity index (χ1v) is 6.20. The Bertz CT molecular complexity index is 512. The Labute approximate surface area is 109 Å². The van der Waals surface area contributed by atoms with Gasteiger partial charge in [-0.15, -0.1) is 16.8 Å².